The minimum absolute atomic E-state index is 0.131. The van der Waals surface area contributed by atoms with Gasteiger partial charge < -0.3 is 4.90 Å². The lowest BCUT2D eigenvalue weighted by atomic mass is 9.94. The van der Waals surface area contributed by atoms with Gasteiger partial charge in [0.05, 0.1) is 16.1 Å². The monoisotopic (exact) mass is 400 g/mol. The van der Waals surface area contributed by atoms with Gasteiger partial charge in [0.15, 0.2) is 0 Å². The lowest BCUT2D eigenvalue weighted by molar-refractivity contribution is 0.0697. The molecule has 0 saturated heterocycles. The van der Waals surface area contributed by atoms with Gasteiger partial charge in [-0.1, -0.05) is 49.1 Å². The molecule has 6 heteroatoms. The van der Waals surface area contributed by atoms with Crippen LogP contribution in [0.5, 0.6) is 0 Å². The maximum absolute atomic E-state index is 13.2. The molecule has 1 fully saturated rings. The number of para-hydroxylation sites is 1. The van der Waals surface area contributed by atoms with Crippen molar-refractivity contribution in [3.63, 3.8) is 0 Å². The molecule has 0 heterocycles. The van der Waals surface area contributed by atoms with Crippen LogP contribution in [-0.4, -0.2) is 39.4 Å². The molecular formula is C22H28N2O3S. The van der Waals surface area contributed by atoms with Crippen LogP contribution in [0.4, 0.5) is 5.69 Å². The normalized spacial score (nSPS) is 15.2. The molecule has 0 aromatic heterocycles. The molecule has 0 spiro atoms. The number of amides is 1. The molecule has 0 N–H and O–H groups in total. The van der Waals surface area contributed by atoms with Crippen molar-refractivity contribution in [2.45, 2.75) is 50.0 Å². The molecule has 1 saturated carbocycles. The highest BCUT2D eigenvalue weighted by Crippen LogP contribution is 2.29. The first-order chi connectivity index (χ1) is 13.3. The van der Waals surface area contributed by atoms with Crippen LogP contribution in [0.25, 0.3) is 0 Å². The first-order valence-electron chi connectivity index (χ1n) is 9.74. The molecule has 0 unspecified atom stereocenters. The van der Waals surface area contributed by atoms with Gasteiger partial charge in [0.2, 0.25) is 0 Å². The summed E-state index contributed by atoms with van der Waals surface area (Å²) in [5.74, 6) is -0.131. The highest BCUT2D eigenvalue weighted by molar-refractivity contribution is 7.92. The smallest absolute Gasteiger partial charge is 0.264 e. The third kappa shape index (κ3) is 4.07. The SMILES string of the molecule is Cc1ccc(S(=O)(=O)N(C)c2ccccc2C(=O)N(C)C2CCCCC2)cc1. The van der Waals surface area contributed by atoms with Gasteiger partial charge in [-0.15, -0.1) is 0 Å². The minimum Gasteiger partial charge on any atom is -0.339 e. The summed E-state index contributed by atoms with van der Waals surface area (Å²) in [6.07, 6.45) is 5.48. The molecule has 0 atom stereocenters. The van der Waals surface area contributed by atoms with Crippen molar-refractivity contribution in [3.05, 3.63) is 59.7 Å². The Labute approximate surface area is 168 Å². The molecule has 1 aliphatic carbocycles. The predicted molar refractivity (Wildman–Crippen MR) is 112 cm³/mol. The summed E-state index contributed by atoms with van der Waals surface area (Å²) in [5.41, 5.74) is 1.80. The first kappa shape index (κ1) is 20.4. The number of hydrogen-bond acceptors (Lipinski definition) is 3. The van der Waals surface area contributed by atoms with Crippen molar-refractivity contribution in [1.29, 1.82) is 0 Å². The minimum atomic E-state index is -3.75. The third-order valence-corrected chi connectivity index (χ3v) is 7.38. The van der Waals surface area contributed by atoms with Crippen LogP contribution >= 0.6 is 0 Å². The van der Waals surface area contributed by atoms with Gasteiger partial charge in [-0.3, -0.25) is 9.10 Å². The zero-order chi connectivity index (χ0) is 20.3. The second-order valence-electron chi connectivity index (χ2n) is 7.51. The van der Waals surface area contributed by atoms with Gasteiger partial charge in [0.25, 0.3) is 15.9 Å². The molecule has 150 valence electrons. The largest absolute Gasteiger partial charge is 0.339 e. The molecule has 0 aliphatic heterocycles. The Morgan fingerprint density at radius 1 is 0.929 bits per heavy atom. The Kier molecular flexibility index (Phi) is 6.08. The lowest BCUT2D eigenvalue weighted by Gasteiger charge is -2.32. The van der Waals surface area contributed by atoms with E-state index in [2.05, 4.69) is 0 Å². The van der Waals surface area contributed by atoms with Gasteiger partial charge in [0, 0.05) is 20.1 Å². The van der Waals surface area contributed by atoms with Crippen LogP contribution < -0.4 is 4.31 Å². The molecule has 5 nitrogen and oxygen atoms in total. The molecule has 3 rings (SSSR count). The van der Waals surface area contributed by atoms with E-state index in [1.54, 1.807) is 53.4 Å². The Morgan fingerprint density at radius 3 is 2.18 bits per heavy atom. The summed E-state index contributed by atoms with van der Waals surface area (Å²) in [7, 11) is -0.428. The number of sulfonamides is 1. The summed E-state index contributed by atoms with van der Waals surface area (Å²) < 4.78 is 27.4. The molecular weight excluding hydrogens is 372 g/mol. The highest BCUT2D eigenvalue weighted by Gasteiger charge is 2.28. The van der Waals surface area contributed by atoms with E-state index in [0.29, 0.717) is 11.3 Å². The van der Waals surface area contributed by atoms with Crippen molar-refractivity contribution in [1.82, 2.24) is 4.90 Å². The number of nitrogens with zero attached hydrogens (tertiary/aromatic N) is 2. The van der Waals surface area contributed by atoms with Gasteiger partial charge in [-0.05, 0) is 44.0 Å². The number of rotatable bonds is 5. The number of anilines is 1. The molecule has 28 heavy (non-hydrogen) atoms. The highest BCUT2D eigenvalue weighted by atomic mass is 32.2. The van der Waals surface area contributed by atoms with E-state index in [1.165, 1.54) is 17.8 Å². The van der Waals surface area contributed by atoms with E-state index < -0.39 is 10.0 Å². The van der Waals surface area contributed by atoms with Crippen molar-refractivity contribution < 1.29 is 13.2 Å². The lowest BCUT2D eigenvalue weighted by Crippen LogP contribution is -2.39. The van der Waals surface area contributed by atoms with Crippen molar-refractivity contribution >= 4 is 21.6 Å². The average Bonchev–Trinajstić information content (AvgIpc) is 2.73. The van der Waals surface area contributed by atoms with E-state index in [1.807, 2.05) is 14.0 Å². The topological polar surface area (TPSA) is 57.7 Å². The van der Waals surface area contributed by atoms with Crippen molar-refractivity contribution in [2.75, 3.05) is 18.4 Å². The molecule has 0 radical (unpaired) electrons. The summed E-state index contributed by atoms with van der Waals surface area (Å²) in [6.45, 7) is 1.91. The second-order valence-corrected chi connectivity index (χ2v) is 9.48. The van der Waals surface area contributed by atoms with Gasteiger partial charge >= 0.3 is 0 Å². The molecule has 2 aromatic carbocycles. The van der Waals surface area contributed by atoms with Crippen LogP contribution in [0.1, 0.15) is 48.0 Å². The van der Waals surface area contributed by atoms with Crippen LogP contribution in [0, 0.1) is 6.92 Å². The predicted octanol–water partition coefficient (Wildman–Crippen LogP) is 4.22. The van der Waals surface area contributed by atoms with Crippen molar-refractivity contribution in [3.8, 4) is 0 Å². The van der Waals surface area contributed by atoms with Crippen molar-refractivity contribution in [2.24, 2.45) is 0 Å². The Hall–Kier alpha value is -2.34. The van der Waals surface area contributed by atoms with E-state index in [9.17, 15) is 13.2 Å². The van der Waals surface area contributed by atoms with E-state index >= 15 is 0 Å². The Morgan fingerprint density at radius 2 is 1.54 bits per heavy atom. The number of hydrogen-bond donors (Lipinski definition) is 0. The van der Waals surface area contributed by atoms with Gasteiger partial charge in [-0.25, -0.2) is 8.42 Å². The summed E-state index contributed by atoms with van der Waals surface area (Å²) in [4.78, 5) is 15.2. The number of aryl methyl sites for hydroxylation is 1. The zero-order valence-electron chi connectivity index (χ0n) is 16.8. The standard InChI is InChI=1S/C22H28N2O3S/c1-17-13-15-19(16-14-17)28(26,27)24(3)21-12-8-7-11-20(21)22(25)23(2)18-9-5-4-6-10-18/h7-8,11-16,18H,4-6,9-10H2,1-3H3. The maximum atomic E-state index is 13.2. The average molecular weight is 401 g/mol. The summed E-state index contributed by atoms with van der Waals surface area (Å²) in [6, 6.07) is 13.9. The number of carbonyl (C=O) groups is 1. The quantitative estimate of drug-likeness (QED) is 0.755. The molecule has 2 aromatic rings. The number of carbonyl (C=O) groups excluding carboxylic acids is 1. The molecule has 1 aliphatic rings. The van der Waals surface area contributed by atoms with E-state index in [-0.39, 0.29) is 16.8 Å². The van der Waals surface area contributed by atoms with Crippen LogP contribution in [0.3, 0.4) is 0 Å². The van der Waals surface area contributed by atoms with E-state index in [0.717, 1.165) is 31.2 Å². The Balaban J connectivity index is 1.92. The van der Waals surface area contributed by atoms with Crippen LogP contribution in [-0.2, 0) is 10.0 Å². The Bertz CT molecular complexity index is 933. The van der Waals surface area contributed by atoms with Crippen LogP contribution in [0.15, 0.2) is 53.4 Å². The van der Waals surface area contributed by atoms with E-state index in [4.69, 9.17) is 0 Å². The fourth-order valence-corrected chi connectivity index (χ4v) is 4.97. The summed E-state index contributed by atoms with van der Waals surface area (Å²) in [5, 5.41) is 0. The molecule has 0 bridgehead atoms. The van der Waals surface area contributed by atoms with Crippen LogP contribution in [0.2, 0.25) is 0 Å². The number of benzene rings is 2. The fourth-order valence-electron chi connectivity index (χ4n) is 3.75. The van der Waals surface area contributed by atoms with Gasteiger partial charge in [0.1, 0.15) is 0 Å². The van der Waals surface area contributed by atoms with Gasteiger partial charge in [-0.2, -0.15) is 0 Å². The first-order valence-corrected chi connectivity index (χ1v) is 11.2. The molecule has 1 amide bonds. The third-order valence-electron chi connectivity index (χ3n) is 5.60. The maximum Gasteiger partial charge on any atom is 0.264 e. The second kappa shape index (κ2) is 8.35. The zero-order valence-corrected chi connectivity index (χ0v) is 17.6. The fraction of sp³-hybridized carbons (Fsp3) is 0.409. The summed E-state index contributed by atoms with van der Waals surface area (Å²) >= 11 is 0.